The Kier molecular flexibility index (Phi) is 6.71. The molecule has 0 radical (unpaired) electrons. The SMILES string of the molecule is CCc1nc2ccc(C)cn2c1C(=O)NCc1ccc(-c2cc3n(n2)CCN(S(=O)(=O)C(F)(F)F)C3)c(F)c1. The Hall–Kier alpha value is -3.78. The number of halogens is 4. The normalized spacial score (nSPS) is 14.5. The van der Waals surface area contributed by atoms with Gasteiger partial charge < -0.3 is 5.32 Å². The van der Waals surface area contributed by atoms with Crippen molar-refractivity contribution in [3.63, 3.8) is 0 Å². The van der Waals surface area contributed by atoms with E-state index in [1.807, 2.05) is 32.2 Å². The molecule has 1 aliphatic rings. The van der Waals surface area contributed by atoms with Crippen LogP contribution >= 0.6 is 0 Å². The molecule has 39 heavy (non-hydrogen) atoms. The van der Waals surface area contributed by atoms with Crippen LogP contribution in [0.4, 0.5) is 17.6 Å². The lowest BCUT2D eigenvalue weighted by molar-refractivity contribution is -0.0496. The maximum atomic E-state index is 15.1. The maximum Gasteiger partial charge on any atom is 0.511 e. The minimum atomic E-state index is -5.48. The summed E-state index contributed by atoms with van der Waals surface area (Å²) in [7, 11) is -5.48. The molecule has 1 aromatic carbocycles. The second kappa shape index (κ2) is 9.75. The van der Waals surface area contributed by atoms with Gasteiger partial charge in [-0.25, -0.2) is 17.8 Å². The number of alkyl halides is 3. The van der Waals surface area contributed by atoms with E-state index in [0.717, 1.165) is 5.56 Å². The Balaban J connectivity index is 1.32. The summed E-state index contributed by atoms with van der Waals surface area (Å²) in [6.07, 6.45) is 2.38. The molecule has 0 unspecified atom stereocenters. The van der Waals surface area contributed by atoms with Crippen molar-refractivity contribution in [1.29, 1.82) is 0 Å². The molecule has 1 N–H and O–H groups in total. The predicted molar refractivity (Wildman–Crippen MR) is 133 cm³/mol. The van der Waals surface area contributed by atoms with Gasteiger partial charge >= 0.3 is 15.5 Å². The number of carbonyl (C=O) groups is 1. The van der Waals surface area contributed by atoms with Gasteiger partial charge in [0.05, 0.1) is 30.2 Å². The van der Waals surface area contributed by atoms with Crippen molar-refractivity contribution in [2.75, 3.05) is 6.54 Å². The minimum Gasteiger partial charge on any atom is -0.347 e. The summed E-state index contributed by atoms with van der Waals surface area (Å²) in [6, 6.07) is 9.43. The fraction of sp³-hybridized carbons (Fsp3) is 0.320. The molecule has 1 aliphatic heterocycles. The number of rotatable bonds is 6. The standard InChI is InChI=1S/C25H24F4N6O3S/c1-3-20-23(34-13-15(2)4-7-22(34)31-20)24(36)30-12-16-5-6-18(19(26)10-16)21-11-17-14-33(8-9-35(17)32-21)39(37,38)25(27,28)29/h4-7,10-11,13H,3,8-9,12,14H2,1-2H3,(H,30,36). The fourth-order valence-corrected chi connectivity index (χ4v) is 5.47. The van der Waals surface area contributed by atoms with Gasteiger partial charge in [-0.3, -0.25) is 13.9 Å². The van der Waals surface area contributed by atoms with E-state index < -0.39 is 34.4 Å². The molecular formula is C25H24F4N6O3S. The zero-order valence-corrected chi connectivity index (χ0v) is 21.8. The van der Waals surface area contributed by atoms with Gasteiger partial charge in [0.1, 0.15) is 17.2 Å². The van der Waals surface area contributed by atoms with Crippen LogP contribution in [0.15, 0.2) is 42.6 Å². The first-order valence-corrected chi connectivity index (χ1v) is 13.5. The van der Waals surface area contributed by atoms with Crippen LogP contribution in [-0.4, -0.2) is 49.8 Å². The Morgan fingerprint density at radius 1 is 1.13 bits per heavy atom. The lowest BCUT2D eigenvalue weighted by atomic mass is 10.1. The number of fused-ring (bicyclic) bond motifs is 2. The van der Waals surface area contributed by atoms with Crippen LogP contribution in [0.1, 0.15) is 39.9 Å². The molecule has 3 aromatic heterocycles. The summed E-state index contributed by atoms with van der Waals surface area (Å²) >= 11 is 0. The second-order valence-corrected chi connectivity index (χ2v) is 11.2. The number of sulfonamides is 1. The van der Waals surface area contributed by atoms with E-state index in [0.29, 0.717) is 33.3 Å². The number of pyridine rings is 1. The van der Waals surface area contributed by atoms with Crippen LogP contribution in [0.3, 0.4) is 0 Å². The van der Waals surface area contributed by atoms with Gasteiger partial charge in [0, 0.05) is 24.8 Å². The van der Waals surface area contributed by atoms with Crippen molar-refractivity contribution in [2.24, 2.45) is 0 Å². The quantitative estimate of drug-likeness (QED) is 0.359. The van der Waals surface area contributed by atoms with Gasteiger partial charge in [0.2, 0.25) is 0 Å². The predicted octanol–water partition coefficient (Wildman–Crippen LogP) is 3.80. The summed E-state index contributed by atoms with van der Waals surface area (Å²) in [6.45, 7) is 2.83. The number of imidazole rings is 1. The fourth-order valence-electron chi connectivity index (χ4n) is 4.55. The number of carbonyl (C=O) groups excluding carboxylic acids is 1. The first-order chi connectivity index (χ1) is 18.4. The highest BCUT2D eigenvalue weighted by molar-refractivity contribution is 7.89. The van der Waals surface area contributed by atoms with Gasteiger partial charge in [-0.1, -0.05) is 19.1 Å². The first kappa shape index (κ1) is 26.8. The van der Waals surface area contributed by atoms with Crippen LogP contribution in [0, 0.1) is 12.7 Å². The molecule has 1 amide bonds. The molecule has 0 fully saturated rings. The molecule has 5 rings (SSSR count). The topological polar surface area (TPSA) is 102 Å². The van der Waals surface area contributed by atoms with E-state index in [4.69, 9.17) is 0 Å². The summed E-state index contributed by atoms with van der Waals surface area (Å²) in [5, 5.41) is 7.05. The molecule has 4 aromatic rings. The lowest BCUT2D eigenvalue weighted by Crippen LogP contribution is -2.44. The van der Waals surface area contributed by atoms with Gasteiger partial charge in [-0.15, -0.1) is 0 Å². The molecule has 0 bridgehead atoms. The average Bonchev–Trinajstić information content (AvgIpc) is 3.47. The van der Waals surface area contributed by atoms with E-state index in [2.05, 4.69) is 15.4 Å². The van der Waals surface area contributed by atoms with Crippen LogP contribution in [0.2, 0.25) is 0 Å². The Morgan fingerprint density at radius 3 is 2.59 bits per heavy atom. The van der Waals surface area contributed by atoms with Crippen molar-refractivity contribution in [1.82, 2.24) is 28.8 Å². The van der Waals surface area contributed by atoms with Crippen LogP contribution in [0.25, 0.3) is 16.9 Å². The van der Waals surface area contributed by atoms with Gasteiger partial charge in [-0.05, 0) is 48.7 Å². The zero-order chi connectivity index (χ0) is 28.1. The Labute approximate surface area is 221 Å². The first-order valence-electron chi connectivity index (χ1n) is 12.1. The molecule has 206 valence electrons. The summed E-state index contributed by atoms with van der Waals surface area (Å²) in [4.78, 5) is 17.5. The van der Waals surface area contributed by atoms with Crippen molar-refractivity contribution in [3.05, 3.63) is 76.6 Å². The number of hydrogen-bond donors (Lipinski definition) is 1. The van der Waals surface area contributed by atoms with E-state index in [9.17, 15) is 26.4 Å². The molecule has 0 saturated heterocycles. The zero-order valence-electron chi connectivity index (χ0n) is 21.0. The molecule has 0 saturated carbocycles. The average molecular weight is 565 g/mol. The molecule has 0 atom stereocenters. The number of benzene rings is 1. The number of nitrogens with one attached hydrogen (secondary N) is 1. The summed E-state index contributed by atoms with van der Waals surface area (Å²) < 4.78 is 80.8. The molecule has 0 aliphatic carbocycles. The number of hydrogen-bond acceptors (Lipinski definition) is 5. The highest BCUT2D eigenvalue weighted by atomic mass is 32.2. The Morgan fingerprint density at radius 2 is 1.90 bits per heavy atom. The number of amides is 1. The van der Waals surface area contributed by atoms with E-state index in [-0.39, 0.29) is 35.9 Å². The third-order valence-corrected chi connectivity index (χ3v) is 8.12. The smallest absolute Gasteiger partial charge is 0.347 e. The van der Waals surface area contributed by atoms with Crippen molar-refractivity contribution < 1.29 is 30.8 Å². The maximum absolute atomic E-state index is 15.1. The van der Waals surface area contributed by atoms with E-state index in [1.165, 1.54) is 22.9 Å². The Bertz CT molecular complexity index is 1690. The van der Waals surface area contributed by atoms with Crippen LogP contribution in [-0.2, 0) is 36.1 Å². The van der Waals surface area contributed by atoms with Gasteiger partial charge in [0.25, 0.3) is 5.91 Å². The number of aromatic nitrogens is 4. The number of nitrogens with zero attached hydrogens (tertiary/aromatic N) is 5. The third kappa shape index (κ3) is 4.89. The molecule has 4 heterocycles. The minimum absolute atomic E-state index is 0.0438. The molecule has 9 nitrogen and oxygen atoms in total. The van der Waals surface area contributed by atoms with Crippen LogP contribution in [0.5, 0.6) is 0 Å². The molecule has 14 heteroatoms. The van der Waals surface area contributed by atoms with E-state index >= 15 is 4.39 Å². The highest BCUT2D eigenvalue weighted by Gasteiger charge is 2.50. The monoisotopic (exact) mass is 564 g/mol. The van der Waals surface area contributed by atoms with Gasteiger partial charge in [-0.2, -0.15) is 22.6 Å². The number of aryl methyl sites for hydroxylation is 2. The second-order valence-electron chi connectivity index (χ2n) is 9.22. The summed E-state index contributed by atoms with van der Waals surface area (Å²) in [5.41, 5.74) is -1.76. The van der Waals surface area contributed by atoms with Crippen molar-refractivity contribution >= 4 is 21.6 Å². The largest absolute Gasteiger partial charge is 0.511 e. The lowest BCUT2D eigenvalue weighted by Gasteiger charge is -2.27. The van der Waals surface area contributed by atoms with Gasteiger partial charge in [0.15, 0.2) is 0 Å². The highest BCUT2D eigenvalue weighted by Crippen LogP contribution is 2.31. The van der Waals surface area contributed by atoms with E-state index in [1.54, 1.807) is 10.5 Å². The molecular weight excluding hydrogens is 540 g/mol. The van der Waals surface area contributed by atoms with Crippen molar-refractivity contribution in [2.45, 2.75) is 45.4 Å². The van der Waals surface area contributed by atoms with Crippen LogP contribution < -0.4 is 5.32 Å². The van der Waals surface area contributed by atoms with Crippen molar-refractivity contribution in [3.8, 4) is 11.3 Å². The third-order valence-electron chi connectivity index (χ3n) is 6.55. The molecule has 0 spiro atoms. The summed E-state index contributed by atoms with van der Waals surface area (Å²) in [5.74, 6) is -0.994.